The van der Waals surface area contributed by atoms with Crippen molar-refractivity contribution in [2.75, 3.05) is 23.8 Å². The first-order valence-electron chi connectivity index (χ1n) is 8.83. The Morgan fingerprint density at radius 2 is 1.67 bits per heavy atom. The Labute approximate surface area is 172 Å². The van der Waals surface area contributed by atoms with Crippen molar-refractivity contribution in [3.8, 4) is 0 Å². The predicted molar refractivity (Wildman–Crippen MR) is 99.6 cm³/mol. The number of aryl methyl sites for hydroxylation is 2. The second kappa shape index (κ2) is 9.74. The number of carbonyl (C=O) groups excluding carboxylic acids is 1. The molecular weight excluding hydrogens is 397 g/mol. The van der Waals surface area contributed by atoms with Gasteiger partial charge in [-0.25, -0.2) is 4.39 Å². The number of amides is 1. The van der Waals surface area contributed by atoms with Crippen LogP contribution in [0.25, 0.3) is 0 Å². The number of benzene rings is 1. The summed E-state index contributed by atoms with van der Waals surface area (Å²) in [4.78, 5) is 12.9. The van der Waals surface area contributed by atoms with Crippen molar-refractivity contribution in [1.82, 2.24) is 0 Å². The van der Waals surface area contributed by atoms with Crippen molar-refractivity contribution in [1.29, 1.82) is 0 Å². The summed E-state index contributed by atoms with van der Waals surface area (Å²) in [6.07, 6.45) is 8.82. The van der Waals surface area contributed by atoms with Crippen LogP contribution in [0.3, 0.4) is 0 Å². The maximum Gasteiger partial charge on any atom is 0.264 e. The number of carbonyl (C=O) groups is 1. The van der Waals surface area contributed by atoms with E-state index in [1.807, 2.05) is 13.8 Å². The van der Waals surface area contributed by atoms with Gasteiger partial charge in [-0.2, -0.15) is 0 Å². The minimum atomic E-state index is -1.22. The molecular formula is C19H30FNOPY+. The van der Waals surface area contributed by atoms with E-state index < -0.39 is 7.26 Å². The quantitative estimate of drug-likeness (QED) is 0.643. The van der Waals surface area contributed by atoms with Crippen LogP contribution < -0.4 is 5.32 Å². The molecule has 5 heteroatoms. The zero-order chi connectivity index (χ0) is 17.0. The van der Waals surface area contributed by atoms with Gasteiger partial charge in [0.25, 0.3) is 5.91 Å². The van der Waals surface area contributed by atoms with Crippen LogP contribution in [-0.2, 0) is 37.5 Å². The van der Waals surface area contributed by atoms with Gasteiger partial charge in [-0.15, -0.1) is 0 Å². The monoisotopic (exact) mass is 427 g/mol. The van der Waals surface area contributed by atoms with E-state index in [9.17, 15) is 9.18 Å². The molecule has 0 aliphatic carbocycles. The molecule has 1 fully saturated rings. The molecule has 1 atom stereocenters. The zero-order valence-electron chi connectivity index (χ0n) is 15.5. The van der Waals surface area contributed by atoms with E-state index in [1.54, 1.807) is 0 Å². The molecule has 1 amide bonds. The number of halogens is 1. The molecule has 0 spiro atoms. The average Bonchev–Trinajstić information content (AvgIpc) is 2.76. The Balaban J connectivity index is 0.00000288. The van der Waals surface area contributed by atoms with Gasteiger partial charge in [0.2, 0.25) is 0 Å². The molecule has 1 heterocycles. The predicted octanol–water partition coefficient (Wildman–Crippen LogP) is 5.38. The Bertz CT molecular complexity index is 547. The van der Waals surface area contributed by atoms with Crippen molar-refractivity contribution in [2.45, 2.75) is 59.0 Å². The smallest absolute Gasteiger partial charge is 0.264 e. The molecule has 1 aliphatic rings. The molecule has 0 bridgehead atoms. The van der Waals surface area contributed by atoms with E-state index in [2.05, 4.69) is 19.2 Å². The van der Waals surface area contributed by atoms with Crippen molar-refractivity contribution >= 4 is 18.9 Å². The Kier molecular flexibility index (Phi) is 9.01. The summed E-state index contributed by atoms with van der Waals surface area (Å²) in [7, 11) is -1.22. The minimum absolute atomic E-state index is 0. The van der Waals surface area contributed by atoms with E-state index in [-0.39, 0.29) is 50.1 Å². The maximum atomic E-state index is 13.4. The van der Waals surface area contributed by atoms with Crippen LogP contribution in [0.2, 0.25) is 0 Å². The molecule has 1 aromatic carbocycles. The second-order valence-electron chi connectivity index (χ2n) is 6.98. The van der Waals surface area contributed by atoms with Crippen molar-refractivity contribution < 1.29 is 41.9 Å². The molecule has 1 aromatic rings. The number of rotatable bonds is 4. The second-order valence-corrected chi connectivity index (χ2v) is 11.7. The molecule has 1 aliphatic heterocycles. The summed E-state index contributed by atoms with van der Waals surface area (Å²) in [5.74, 6) is -0.118. The minimum Gasteiger partial charge on any atom is -0.322 e. The summed E-state index contributed by atoms with van der Waals surface area (Å²) in [6, 6.07) is 2.98. The number of anilines is 1. The standard InChI is InChI=1S/C19H29FNOP.Y/c1-5-23(10-8-6-7-9-11-23)16(4)19(22)21-18-14(2)12-17(20)13-15(18)3;/h12-13,16H,5-11H2,1-4H3;/p+1. The van der Waals surface area contributed by atoms with Crippen LogP contribution in [-0.4, -0.2) is 30.1 Å². The largest absolute Gasteiger partial charge is 0.322 e. The van der Waals surface area contributed by atoms with E-state index in [1.165, 1.54) is 50.1 Å². The van der Waals surface area contributed by atoms with E-state index in [0.717, 1.165) is 23.0 Å². The normalized spacial score (nSPS) is 18.2. The van der Waals surface area contributed by atoms with Gasteiger partial charge in [-0.3, -0.25) is 4.79 Å². The van der Waals surface area contributed by atoms with Gasteiger partial charge in [0.05, 0.1) is 18.5 Å². The molecule has 0 aromatic heterocycles. The van der Waals surface area contributed by atoms with Crippen molar-refractivity contribution in [3.05, 3.63) is 29.1 Å². The SMILES string of the molecule is CC[P+]1(C(C)C(=O)Nc2c(C)cc(F)cc2C)CCCCCC1.[Y]. The van der Waals surface area contributed by atoms with Gasteiger partial charge < -0.3 is 5.32 Å². The summed E-state index contributed by atoms with van der Waals surface area (Å²) in [6.45, 7) is 8.09. The third kappa shape index (κ3) is 5.09. The molecule has 1 saturated heterocycles. The fourth-order valence-electron chi connectivity index (χ4n) is 3.88. The number of hydrogen-bond donors (Lipinski definition) is 1. The molecule has 131 valence electrons. The molecule has 2 rings (SSSR count). The summed E-state index contributed by atoms with van der Waals surface area (Å²) in [5.41, 5.74) is 2.47. The number of nitrogens with one attached hydrogen (secondary N) is 1. The van der Waals surface area contributed by atoms with Crippen LogP contribution in [0.1, 0.15) is 50.7 Å². The summed E-state index contributed by atoms with van der Waals surface area (Å²) in [5, 5.41) is 3.10. The summed E-state index contributed by atoms with van der Waals surface area (Å²) >= 11 is 0. The zero-order valence-corrected chi connectivity index (χ0v) is 19.2. The Hall–Kier alpha value is 0.154. The Morgan fingerprint density at radius 1 is 1.17 bits per heavy atom. The van der Waals surface area contributed by atoms with Crippen LogP contribution in [0, 0.1) is 19.7 Å². The van der Waals surface area contributed by atoms with Crippen LogP contribution in [0.4, 0.5) is 10.1 Å². The summed E-state index contributed by atoms with van der Waals surface area (Å²) < 4.78 is 13.4. The van der Waals surface area contributed by atoms with Gasteiger partial charge in [-0.1, -0.05) is 0 Å². The average molecular weight is 427 g/mol. The van der Waals surface area contributed by atoms with Gasteiger partial charge in [0.15, 0.2) is 0 Å². The van der Waals surface area contributed by atoms with E-state index >= 15 is 0 Å². The van der Waals surface area contributed by atoms with Crippen molar-refractivity contribution in [3.63, 3.8) is 0 Å². The fourth-order valence-corrected chi connectivity index (χ4v) is 8.33. The Morgan fingerprint density at radius 3 is 2.12 bits per heavy atom. The van der Waals surface area contributed by atoms with Crippen molar-refractivity contribution in [2.24, 2.45) is 0 Å². The van der Waals surface area contributed by atoms with Crippen LogP contribution >= 0.6 is 7.26 Å². The fraction of sp³-hybridized carbons (Fsp3) is 0.632. The first-order valence-corrected chi connectivity index (χ1v) is 11.2. The third-order valence-corrected chi connectivity index (χ3v) is 11.1. The van der Waals surface area contributed by atoms with Gasteiger partial charge in [-0.05, 0) is 76.6 Å². The van der Waals surface area contributed by atoms with Gasteiger partial charge in [0, 0.05) is 45.7 Å². The topological polar surface area (TPSA) is 29.1 Å². The first kappa shape index (κ1) is 22.2. The third-order valence-electron chi connectivity index (χ3n) is 5.53. The van der Waals surface area contributed by atoms with E-state index in [4.69, 9.17) is 0 Å². The van der Waals surface area contributed by atoms with Gasteiger partial charge >= 0.3 is 0 Å². The molecule has 2 nitrogen and oxygen atoms in total. The maximum absolute atomic E-state index is 13.4. The first-order chi connectivity index (χ1) is 10.9. The van der Waals surface area contributed by atoms with Gasteiger partial charge in [0.1, 0.15) is 11.5 Å². The van der Waals surface area contributed by atoms with Crippen LogP contribution in [0.15, 0.2) is 12.1 Å². The molecule has 1 radical (unpaired) electrons. The molecule has 1 unspecified atom stereocenters. The molecule has 1 N–H and O–H groups in total. The molecule has 0 saturated carbocycles. The molecule has 24 heavy (non-hydrogen) atoms. The van der Waals surface area contributed by atoms with Crippen LogP contribution in [0.5, 0.6) is 0 Å². The number of hydrogen-bond acceptors (Lipinski definition) is 1. The van der Waals surface area contributed by atoms with E-state index in [0.29, 0.717) is 0 Å².